The number of likely N-dealkylation sites (tertiary alicyclic amines) is 1. The minimum Gasteiger partial charge on any atom is -0.489 e. The van der Waals surface area contributed by atoms with Crippen LogP contribution >= 0.6 is 15.9 Å². The Kier molecular flexibility index (Phi) is 8.27. The molecule has 2 aliphatic rings. The second kappa shape index (κ2) is 12.0. The molecule has 0 radical (unpaired) electrons. The highest BCUT2D eigenvalue weighted by molar-refractivity contribution is 9.10. The van der Waals surface area contributed by atoms with Gasteiger partial charge in [0.2, 0.25) is 11.8 Å². The fraction of sp³-hybridized carbons (Fsp3) is 0.333. The van der Waals surface area contributed by atoms with Crippen LogP contribution in [-0.4, -0.2) is 42.4 Å². The Labute approximate surface area is 230 Å². The van der Waals surface area contributed by atoms with Crippen LogP contribution in [0.5, 0.6) is 5.75 Å². The molecule has 0 aliphatic carbocycles. The maximum Gasteiger partial charge on any atom is 0.247 e. The molecule has 1 N–H and O–H groups in total. The van der Waals surface area contributed by atoms with Crippen LogP contribution in [0.4, 0.5) is 15.8 Å². The third-order valence-electron chi connectivity index (χ3n) is 7.17. The van der Waals surface area contributed by atoms with Gasteiger partial charge in [0.05, 0.1) is 6.42 Å². The van der Waals surface area contributed by atoms with Gasteiger partial charge in [0, 0.05) is 41.0 Å². The van der Waals surface area contributed by atoms with Gasteiger partial charge in [-0.1, -0.05) is 34.1 Å². The molecule has 8 heteroatoms. The Balaban J connectivity index is 1.14. The SMILES string of the molecule is O=C(Nc1ccc(OCc2ccc(F)cc2Br)cc1)C1CCCN1C(=O)Cc1ccc(N2CCCC2)cc1. The summed E-state index contributed by atoms with van der Waals surface area (Å²) in [6.45, 7) is 3.06. The van der Waals surface area contributed by atoms with Crippen molar-refractivity contribution in [3.8, 4) is 5.75 Å². The van der Waals surface area contributed by atoms with Gasteiger partial charge in [-0.2, -0.15) is 0 Å². The molecule has 0 aromatic heterocycles. The highest BCUT2D eigenvalue weighted by Crippen LogP contribution is 2.25. The fourth-order valence-electron chi connectivity index (χ4n) is 5.07. The monoisotopic (exact) mass is 579 g/mol. The van der Waals surface area contributed by atoms with E-state index in [1.54, 1.807) is 35.2 Å². The molecule has 0 bridgehead atoms. The van der Waals surface area contributed by atoms with E-state index in [0.29, 0.717) is 35.3 Å². The lowest BCUT2D eigenvalue weighted by molar-refractivity contribution is -0.136. The van der Waals surface area contributed by atoms with E-state index in [-0.39, 0.29) is 24.2 Å². The predicted octanol–water partition coefficient (Wildman–Crippen LogP) is 5.94. The second-order valence-corrected chi connectivity index (χ2v) is 10.7. The maximum absolute atomic E-state index is 13.3. The Bertz CT molecular complexity index is 1280. The molecule has 2 saturated heterocycles. The molecule has 2 fully saturated rings. The van der Waals surface area contributed by atoms with Gasteiger partial charge in [0.1, 0.15) is 24.2 Å². The zero-order valence-corrected chi connectivity index (χ0v) is 22.8. The first-order valence-corrected chi connectivity index (χ1v) is 13.9. The summed E-state index contributed by atoms with van der Waals surface area (Å²) in [5.41, 5.74) is 3.64. The minimum absolute atomic E-state index is 0.0210. The van der Waals surface area contributed by atoms with Crippen LogP contribution in [0.25, 0.3) is 0 Å². The van der Waals surface area contributed by atoms with Crippen molar-refractivity contribution < 1.29 is 18.7 Å². The van der Waals surface area contributed by atoms with Gasteiger partial charge in [-0.05, 0) is 79.8 Å². The number of anilines is 2. The van der Waals surface area contributed by atoms with Crippen molar-refractivity contribution in [2.75, 3.05) is 29.9 Å². The summed E-state index contributed by atoms with van der Waals surface area (Å²) in [4.78, 5) is 30.2. The molecule has 5 rings (SSSR count). The summed E-state index contributed by atoms with van der Waals surface area (Å²) in [5, 5.41) is 2.94. The quantitative estimate of drug-likeness (QED) is 0.359. The largest absolute Gasteiger partial charge is 0.489 e. The molecule has 3 aromatic rings. The number of carbonyl (C=O) groups excluding carboxylic acids is 2. The molecule has 2 heterocycles. The van der Waals surface area contributed by atoms with Gasteiger partial charge in [-0.15, -0.1) is 0 Å². The Morgan fingerprint density at radius 1 is 0.947 bits per heavy atom. The van der Waals surface area contributed by atoms with E-state index in [1.165, 1.54) is 30.7 Å². The highest BCUT2D eigenvalue weighted by Gasteiger charge is 2.34. The lowest BCUT2D eigenvalue weighted by Gasteiger charge is -2.24. The molecule has 3 aromatic carbocycles. The van der Waals surface area contributed by atoms with E-state index < -0.39 is 6.04 Å². The number of benzene rings is 3. The van der Waals surface area contributed by atoms with E-state index in [4.69, 9.17) is 4.74 Å². The van der Waals surface area contributed by atoms with Crippen LogP contribution in [0.2, 0.25) is 0 Å². The van der Waals surface area contributed by atoms with Gasteiger partial charge < -0.3 is 19.9 Å². The van der Waals surface area contributed by atoms with Crippen molar-refractivity contribution in [3.63, 3.8) is 0 Å². The number of nitrogens with one attached hydrogen (secondary N) is 1. The van der Waals surface area contributed by atoms with Gasteiger partial charge in [0.15, 0.2) is 0 Å². The molecule has 2 amide bonds. The summed E-state index contributed by atoms with van der Waals surface area (Å²) < 4.78 is 19.7. The molecule has 2 aliphatic heterocycles. The average molecular weight is 580 g/mol. The first-order chi connectivity index (χ1) is 18.5. The fourth-order valence-corrected chi connectivity index (χ4v) is 5.54. The number of ether oxygens (including phenoxy) is 1. The van der Waals surface area contributed by atoms with Gasteiger partial charge in [-0.3, -0.25) is 9.59 Å². The summed E-state index contributed by atoms with van der Waals surface area (Å²) in [6.07, 6.45) is 4.21. The summed E-state index contributed by atoms with van der Waals surface area (Å²) >= 11 is 3.34. The molecular formula is C30H31BrFN3O3. The van der Waals surface area contributed by atoms with Crippen molar-refractivity contribution in [2.45, 2.75) is 44.8 Å². The molecule has 0 spiro atoms. The van der Waals surface area contributed by atoms with Crippen LogP contribution in [0.15, 0.2) is 71.2 Å². The third-order valence-corrected chi connectivity index (χ3v) is 7.91. The van der Waals surface area contributed by atoms with E-state index in [0.717, 1.165) is 30.6 Å². The molecule has 1 unspecified atom stereocenters. The van der Waals surface area contributed by atoms with E-state index in [9.17, 15) is 14.0 Å². The molecule has 38 heavy (non-hydrogen) atoms. The first-order valence-electron chi connectivity index (χ1n) is 13.1. The second-order valence-electron chi connectivity index (χ2n) is 9.82. The van der Waals surface area contributed by atoms with E-state index in [2.05, 4.69) is 38.3 Å². The Morgan fingerprint density at radius 3 is 2.39 bits per heavy atom. The molecule has 1 atom stereocenters. The number of amides is 2. The molecule has 198 valence electrons. The number of nitrogens with zero attached hydrogens (tertiary/aromatic N) is 2. The maximum atomic E-state index is 13.3. The number of rotatable bonds is 8. The van der Waals surface area contributed by atoms with Gasteiger partial charge in [-0.25, -0.2) is 4.39 Å². The predicted molar refractivity (Wildman–Crippen MR) is 150 cm³/mol. The topological polar surface area (TPSA) is 61.9 Å². The number of halogens is 2. The number of carbonyl (C=O) groups is 2. The smallest absolute Gasteiger partial charge is 0.247 e. The van der Waals surface area contributed by atoms with Crippen LogP contribution in [-0.2, 0) is 22.6 Å². The number of hydrogen-bond acceptors (Lipinski definition) is 4. The summed E-state index contributed by atoms with van der Waals surface area (Å²) in [6, 6.07) is 19.3. The lowest BCUT2D eigenvalue weighted by atomic mass is 10.1. The normalized spacial score (nSPS) is 17.1. The third kappa shape index (κ3) is 6.35. The summed E-state index contributed by atoms with van der Waals surface area (Å²) in [7, 11) is 0. The molecular weight excluding hydrogens is 549 g/mol. The highest BCUT2D eigenvalue weighted by atomic mass is 79.9. The lowest BCUT2D eigenvalue weighted by Crippen LogP contribution is -2.43. The van der Waals surface area contributed by atoms with Crippen molar-refractivity contribution in [1.29, 1.82) is 0 Å². The average Bonchev–Trinajstić information content (AvgIpc) is 3.63. The van der Waals surface area contributed by atoms with Crippen LogP contribution in [0.1, 0.15) is 36.8 Å². The zero-order valence-electron chi connectivity index (χ0n) is 21.2. The summed E-state index contributed by atoms with van der Waals surface area (Å²) in [5.74, 6) is 0.124. The Hall–Kier alpha value is -3.39. The van der Waals surface area contributed by atoms with Crippen LogP contribution in [0.3, 0.4) is 0 Å². The van der Waals surface area contributed by atoms with Crippen molar-refractivity contribution in [2.24, 2.45) is 0 Å². The Morgan fingerprint density at radius 2 is 1.68 bits per heavy atom. The van der Waals surface area contributed by atoms with Crippen molar-refractivity contribution >= 4 is 39.1 Å². The number of hydrogen-bond donors (Lipinski definition) is 1. The zero-order chi connectivity index (χ0) is 26.5. The van der Waals surface area contributed by atoms with Crippen LogP contribution < -0.4 is 15.0 Å². The van der Waals surface area contributed by atoms with E-state index in [1.807, 2.05) is 12.1 Å². The molecule has 6 nitrogen and oxygen atoms in total. The van der Waals surface area contributed by atoms with Crippen molar-refractivity contribution in [3.05, 3.63) is 88.1 Å². The van der Waals surface area contributed by atoms with Crippen LogP contribution in [0, 0.1) is 5.82 Å². The first kappa shape index (κ1) is 26.2. The van der Waals surface area contributed by atoms with Gasteiger partial charge in [0.25, 0.3) is 0 Å². The molecule has 0 saturated carbocycles. The minimum atomic E-state index is -0.474. The van der Waals surface area contributed by atoms with E-state index >= 15 is 0 Å². The standard InChI is InChI=1S/C30H31BrFN3O3/c31-27-19-23(32)8-7-22(27)20-38-26-13-9-24(10-14-26)33-30(37)28-4-3-17-35(28)29(36)18-21-5-11-25(12-6-21)34-15-1-2-16-34/h5-14,19,28H,1-4,15-18,20H2,(H,33,37). The van der Waals surface area contributed by atoms with Gasteiger partial charge >= 0.3 is 0 Å². The van der Waals surface area contributed by atoms with Crippen molar-refractivity contribution in [1.82, 2.24) is 4.90 Å².